The van der Waals surface area contributed by atoms with Crippen molar-refractivity contribution in [1.82, 2.24) is 20.4 Å². The van der Waals surface area contributed by atoms with Crippen LogP contribution in [0.15, 0.2) is 0 Å². The first-order valence-electron chi connectivity index (χ1n) is 6.48. The van der Waals surface area contributed by atoms with Crippen molar-refractivity contribution in [2.75, 3.05) is 40.0 Å². The molecule has 0 saturated carbocycles. The van der Waals surface area contributed by atoms with Crippen molar-refractivity contribution in [2.45, 2.75) is 12.5 Å². The van der Waals surface area contributed by atoms with Crippen LogP contribution in [0.5, 0.6) is 0 Å². The Bertz CT molecular complexity index is 363. The third-order valence-electron chi connectivity index (χ3n) is 2.82. The summed E-state index contributed by atoms with van der Waals surface area (Å²) in [5, 5.41) is 40.0. The van der Waals surface area contributed by atoms with Gasteiger partial charge in [-0.1, -0.05) is 0 Å². The summed E-state index contributed by atoms with van der Waals surface area (Å²) in [5.41, 5.74) is -1.24. The normalized spacial score (nSPS) is 11.5. The summed E-state index contributed by atoms with van der Waals surface area (Å²) in [6, 6.07) is -1.58. The van der Waals surface area contributed by atoms with Gasteiger partial charge in [0, 0.05) is 0 Å². The fraction of sp³-hybridized carbons (Fsp3) is 0.800. The summed E-state index contributed by atoms with van der Waals surface area (Å²) in [7, 11) is -1.64. The average molecular weight is 358 g/mol. The largest absolute Gasteiger partial charge is 0.376 e. The van der Waals surface area contributed by atoms with E-state index in [4.69, 9.17) is 24.9 Å². The minimum atomic E-state index is -1.64. The molecule has 6 N–H and O–H groups in total. The van der Waals surface area contributed by atoms with Crippen molar-refractivity contribution >= 4 is 20.7 Å². The van der Waals surface area contributed by atoms with E-state index in [1.54, 1.807) is 0 Å². The average Bonchev–Trinajstić information content (AvgIpc) is 2.54. The Labute approximate surface area is 133 Å². The van der Waals surface area contributed by atoms with Crippen LogP contribution in [0.2, 0.25) is 0 Å². The Balaban J connectivity index is 4.64. The van der Waals surface area contributed by atoms with Crippen LogP contribution in [0, 0.1) is 0 Å². The number of hydrogen-bond donors (Lipinski definition) is 6. The van der Waals surface area contributed by atoms with Gasteiger partial charge in [0.25, 0.3) is 0 Å². The molecule has 4 amide bonds. The van der Waals surface area contributed by atoms with Crippen molar-refractivity contribution in [2.24, 2.45) is 0 Å². The molecule has 23 heavy (non-hydrogen) atoms. The zero-order chi connectivity index (χ0) is 17.9. The number of carbonyl (C=O) groups is 2. The molecule has 0 aromatic rings. The zero-order valence-corrected chi connectivity index (χ0v) is 13.8. The number of amides is 4. The Hall–Kier alpha value is -1.43. The lowest BCUT2D eigenvalue weighted by molar-refractivity contribution is 0.0469. The highest BCUT2D eigenvalue weighted by Crippen LogP contribution is 2.15. The Kier molecular flexibility index (Phi) is 10.5. The van der Waals surface area contributed by atoms with Gasteiger partial charge in [-0.05, 0) is 6.92 Å². The number of rotatable bonds is 10. The van der Waals surface area contributed by atoms with Crippen LogP contribution in [0.25, 0.3) is 0 Å². The number of urea groups is 2. The Morgan fingerprint density at radius 2 is 1.30 bits per heavy atom. The van der Waals surface area contributed by atoms with E-state index in [1.807, 2.05) is 0 Å². The number of hydrogen-bond acceptors (Lipinski definition) is 8. The van der Waals surface area contributed by atoms with E-state index in [-0.39, 0.29) is 13.1 Å². The van der Waals surface area contributed by atoms with Crippen LogP contribution >= 0.6 is 8.69 Å². The minimum absolute atomic E-state index is 0.184. The minimum Gasteiger partial charge on any atom is -0.376 e. The van der Waals surface area contributed by atoms with Gasteiger partial charge in [-0.3, -0.25) is 14.4 Å². The molecular weight excluding hydrogens is 335 g/mol. The molecule has 136 valence electrons. The summed E-state index contributed by atoms with van der Waals surface area (Å²) in [4.78, 5) is 24.6. The van der Waals surface area contributed by atoms with Gasteiger partial charge in [0.1, 0.15) is 32.5 Å². The lowest BCUT2D eigenvalue weighted by Crippen LogP contribution is -2.53. The van der Waals surface area contributed by atoms with Crippen molar-refractivity contribution in [3.63, 3.8) is 0 Å². The van der Waals surface area contributed by atoms with Gasteiger partial charge in [0.2, 0.25) is 0 Å². The lowest BCUT2D eigenvalue weighted by Gasteiger charge is -2.30. The SMILES string of the molecule is CC(CNC(=O)N(CO)CO)(CNC(=O)N(CO)CO)O[PH2]=O. The first-order chi connectivity index (χ1) is 10.9. The van der Waals surface area contributed by atoms with E-state index in [1.165, 1.54) is 6.92 Å². The summed E-state index contributed by atoms with van der Waals surface area (Å²) in [6.07, 6.45) is 0. The monoisotopic (exact) mass is 358 g/mol. The maximum Gasteiger partial charge on any atom is 0.321 e. The van der Waals surface area contributed by atoms with Crippen LogP contribution < -0.4 is 10.6 Å². The van der Waals surface area contributed by atoms with Gasteiger partial charge in [0.05, 0.1) is 13.1 Å². The van der Waals surface area contributed by atoms with Gasteiger partial charge in [-0.2, -0.15) is 0 Å². The summed E-state index contributed by atoms with van der Waals surface area (Å²) < 4.78 is 15.8. The van der Waals surface area contributed by atoms with E-state index >= 15 is 0 Å². The highest BCUT2D eigenvalue weighted by molar-refractivity contribution is 7.17. The maximum absolute atomic E-state index is 11.6. The summed E-state index contributed by atoms with van der Waals surface area (Å²) >= 11 is 0. The molecule has 0 fully saturated rings. The number of nitrogens with zero attached hydrogens (tertiary/aromatic N) is 2. The zero-order valence-electron chi connectivity index (χ0n) is 12.6. The first kappa shape index (κ1) is 21.6. The molecule has 1 unspecified atom stereocenters. The predicted molar refractivity (Wildman–Crippen MR) is 78.7 cm³/mol. The van der Waals surface area contributed by atoms with Crippen LogP contribution in [0.1, 0.15) is 6.92 Å². The highest BCUT2D eigenvalue weighted by atomic mass is 31.1. The van der Waals surface area contributed by atoms with Gasteiger partial charge in [-0.15, -0.1) is 0 Å². The standard InChI is InChI=1S/C10H23N4O8P/c1-10(22-23-21,2-11-8(19)13(4-15)5-16)3-12-9(20)14(6-17)7-18/h15-18H,2-7,23H2,1H3,(H,11,19)(H,12,20). The third kappa shape index (κ3) is 7.59. The van der Waals surface area contributed by atoms with Gasteiger partial charge in [0.15, 0.2) is 8.69 Å². The van der Waals surface area contributed by atoms with Crippen LogP contribution in [-0.2, 0) is 9.09 Å². The van der Waals surface area contributed by atoms with E-state index < -0.39 is 53.3 Å². The molecule has 0 aliphatic heterocycles. The van der Waals surface area contributed by atoms with Crippen molar-refractivity contribution in [3.8, 4) is 0 Å². The second kappa shape index (κ2) is 11.2. The summed E-state index contributed by atoms with van der Waals surface area (Å²) in [6.45, 7) is -1.72. The number of carbonyl (C=O) groups excluding carboxylic acids is 2. The molecule has 0 aromatic heterocycles. The molecule has 0 bridgehead atoms. The predicted octanol–water partition coefficient (Wildman–Crippen LogP) is -2.74. The van der Waals surface area contributed by atoms with Gasteiger partial charge >= 0.3 is 12.1 Å². The molecule has 0 aliphatic rings. The summed E-state index contributed by atoms with van der Waals surface area (Å²) in [5.74, 6) is 0. The quantitative estimate of drug-likeness (QED) is 0.180. The smallest absolute Gasteiger partial charge is 0.321 e. The molecule has 0 saturated heterocycles. The van der Waals surface area contributed by atoms with Gasteiger partial charge in [-0.25, -0.2) is 9.59 Å². The Morgan fingerprint density at radius 3 is 1.57 bits per heavy atom. The topological polar surface area (TPSA) is 172 Å². The molecular formula is C10H23N4O8P. The van der Waals surface area contributed by atoms with Crippen LogP contribution in [0.4, 0.5) is 9.59 Å². The molecule has 0 radical (unpaired) electrons. The third-order valence-corrected chi connectivity index (χ3v) is 3.48. The fourth-order valence-electron chi connectivity index (χ4n) is 1.36. The molecule has 12 nitrogen and oxygen atoms in total. The maximum atomic E-state index is 11.6. The fourth-order valence-corrected chi connectivity index (χ4v) is 1.76. The second-order valence-corrected chi connectivity index (χ2v) is 5.05. The molecule has 0 heterocycles. The molecule has 0 spiro atoms. The van der Waals surface area contributed by atoms with Crippen molar-refractivity contribution < 1.29 is 39.1 Å². The molecule has 13 heteroatoms. The number of nitrogens with one attached hydrogen (secondary N) is 2. The number of aliphatic hydroxyl groups is 4. The molecule has 0 aromatic carbocycles. The second-order valence-electron chi connectivity index (χ2n) is 4.63. The van der Waals surface area contributed by atoms with E-state index in [9.17, 15) is 14.2 Å². The first-order valence-corrected chi connectivity index (χ1v) is 7.42. The molecule has 1 atom stereocenters. The lowest BCUT2D eigenvalue weighted by atomic mass is 10.1. The van der Waals surface area contributed by atoms with Crippen LogP contribution in [-0.4, -0.2) is 87.9 Å². The molecule has 0 aliphatic carbocycles. The van der Waals surface area contributed by atoms with E-state index in [0.29, 0.717) is 9.80 Å². The highest BCUT2D eigenvalue weighted by Gasteiger charge is 2.28. The number of aliphatic hydroxyl groups excluding tert-OH is 4. The van der Waals surface area contributed by atoms with Crippen molar-refractivity contribution in [1.29, 1.82) is 0 Å². The van der Waals surface area contributed by atoms with Crippen LogP contribution in [0.3, 0.4) is 0 Å². The molecule has 0 rings (SSSR count). The van der Waals surface area contributed by atoms with Crippen molar-refractivity contribution in [3.05, 3.63) is 0 Å². The van der Waals surface area contributed by atoms with E-state index in [0.717, 1.165) is 0 Å². The Morgan fingerprint density at radius 1 is 0.957 bits per heavy atom. The van der Waals surface area contributed by atoms with E-state index in [2.05, 4.69) is 10.6 Å². The van der Waals surface area contributed by atoms with Gasteiger partial charge < -0.3 is 35.6 Å².